The number of ether oxygens (including phenoxy) is 1. The van der Waals surface area contributed by atoms with Crippen molar-refractivity contribution in [2.45, 2.75) is 84.5 Å². The molecule has 176 valence electrons. The van der Waals surface area contributed by atoms with E-state index in [4.69, 9.17) is 4.74 Å². The fraction of sp³-hybridized carbons (Fsp3) is 0.452. The highest BCUT2D eigenvalue weighted by atomic mass is 16.5. The average molecular weight is 444 g/mol. The van der Waals surface area contributed by atoms with E-state index in [1.807, 2.05) is 6.20 Å². The van der Waals surface area contributed by atoms with Crippen LogP contribution in [0.4, 0.5) is 0 Å². The monoisotopic (exact) mass is 443 g/mol. The predicted molar refractivity (Wildman–Crippen MR) is 141 cm³/mol. The molecule has 0 aliphatic carbocycles. The molecule has 0 spiro atoms. The van der Waals surface area contributed by atoms with Crippen LogP contribution < -0.4 is 4.74 Å². The van der Waals surface area contributed by atoms with Crippen molar-refractivity contribution in [3.63, 3.8) is 0 Å². The predicted octanol–water partition coefficient (Wildman–Crippen LogP) is 8.62. The summed E-state index contributed by atoms with van der Waals surface area (Å²) in [7, 11) is 0. The largest absolute Gasteiger partial charge is 0.494 e. The summed E-state index contributed by atoms with van der Waals surface area (Å²) in [5.41, 5.74) is 6.29. The molecule has 0 saturated carbocycles. The number of benzene rings is 2. The molecule has 3 rings (SSSR count). The van der Waals surface area contributed by atoms with Gasteiger partial charge < -0.3 is 4.74 Å². The highest BCUT2D eigenvalue weighted by Gasteiger charge is 2.02. The standard InChI is InChI=1S/C31H41NO/c1-3-5-7-8-9-10-24-33-30-21-16-27(17-22-30)13-12-26-14-19-29(20-15-26)31-23-18-28(25-32-31)11-6-4-2/h14-23,25H,3-13,24H2,1-2H3. The molecule has 0 bridgehead atoms. The van der Waals surface area contributed by atoms with Gasteiger partial charge in [0.2, 0.25) is 0 Å². The lowest BCUT2D eigenvalue weighted by Gasteiger charge is -2.08. The lowest BCUT2D eigenvalue weighted by Crippen LogP contribution is -1.98. The van der Waals surface area contributed by atoms with Gasteiger partial charge in [-0.2, -0.15) is 0 Å². The Hall–Kier alpha value is -2.61. The van der Waals surface area contributed by atoms with Gasteiger partial charge in [-0.15, -0.1) is 0 Å². The van der Waals surface area contributed by atoms with Crippen LogP contribution in [-0.4, -0.2) is 11.6 Å². The van der Waals surface area contributed by atoms with Crippen LogP contribution in [-0.2, 0) is 19.3 Å². The molecule has 2 heteroatoms. The van der Waals surface area contributed by atoms with E-state index < -0.39 is 0 Å². The zero-order chi connectivity index (χ0) is 23.1. The summed E-state index contributed by atoms with van der Waals surface area (Å²) < 4.78 is 5.91. The van der Waals surface area contributed by atoms with Crippen molar-refractivity contribution in [2.24, 2.45) is 0 Å². The first-order valence-corrected chi connectivity index (χ1v) is 13.0. The summed E-state index contributed by atoms with van der Waals surface area (Å²) >= 11 is 0. The van der Waals surface area contributed by atoms with Crippen molar-refractivity contribution in [3.05, 3.63) is 83.6 Å². The van der Waals surface area contributed by atoms with Crippen molar-refractivity contribution < 1.29 is 4.74 Å². The molecule has 0 atom stereocenters. The Bertz CT molecular complexity index is 897. The highest BCUT2D eigenvalue weighted by molar-refractivity contribution is 5.59. The molecule has 2 aromatic carbocycles. The Balaban J connectivity index is 1.40. The van der Waals surface area contributed by atoms with Gasteiger partial charge in [-0.05, 0) is 67.0 Å². The van der Waals surface area contributed by atoms with Crippen LogP contribution in [0.2, 0.25) is 0 Å². The lowest BCUT2D eigenvalue weighted by molar-refractivity contribution is 0.304. The van der Waals surface area contributed by atoms with E-state index in [2.05, 4.69) is 79.5 Å². The molecule has 1 aromatic heterocycles. The van der Waals surface area contributed by atoms with Crippen molar-refractivity contribution in [1.29, 1.82) is 0 Å². The van der Waals surface area contributed by atoms with Gasteiger partial charge in [-0.25, -0.2) is 0 Å². The molecule has 0 N–H and O–H groups in total. The van der Waals surface area contributed by atoms with Gasteiger partial charge in [0.1, 0.15) is 5.75 Å². The van der Waals surface area contributed by atoms with Gasteiger partial charge >= 0.3 is 0 Å². The Morgan fingerprint density at radius 1 is 0.576 bits per heavy atom. The number of pyridine rings is 1. The second-order valence-electron chi connectivity index (χ2n) is 9.11. The number of aromatic nitrogens is 1. The molecule has 0 aliphatic rings. The minimum atomic E-state index is 0.828. The Morgan fingerprint density at radius 3 is 1.82 bits per heavy atom. The van der Waals surface area contributed by atoms with Crippen molar-refractivity contribution in [2.75, 3.05) is 6.61 Å². The minimum Gasteiger partial charge on any atom is -0.494 e. The summed E-state index contributed by atoms with van der Waals surface area (Å²) in [4.78, 5) is 4.66. The third kappa shape index (κ3) is 9.04. The molecule has 0 aliphatic heterocycles. The summed E-state index contributed by atoms with van der Waals surface area (Å²) in [5, 5.41) is 0. The fourth-order valence-electron chi connectivity index (χ4n) is 4.08. The van der Waals surface area contributed by atoms with Gasteiger partial charge in [0.05, 0.1) is 12.3 Å². The number of hydrogen-bond donors (Lipinski definition) is 0. The summed E-state index contributed by atoms with van der Waals surface area (Å²) in [6, 6.07) is 21.9. The van der Waals surface area contributed by atoms with E-state index in [0.717, 1.165) is 43.7 Å². The molecule has 1 heterocycles. The molecule has 0 radical (unpaired) electrons. The first kappa shape index (κ1) is 25.0. The quantitative estimate of drug-likeness (QED) is 0.219. The van der Waals surface area contributed by atoms with Crippen LogP contribution in [0.5, 0.6) is 5.75 Å². The molecule has 0 amide bonds. The minimum absolute atomic E-state index is 0.828. The molecule has 0 fully saturated rings. The van der Waals surface area contributed by atoms with E-state index in [9.17, 15) is 0 Å². The smallest absolute Gasteiger partial charge is 0.119 e. The Labute approximate surface area is 201 Å². The summed E-state index contributed by atoms with van der Waals surface area (Å²) in [6.07, 6.45) is 15.5. The maximum Gasteiger partial charge on any atom is 0.119 e. The number of aryl methyl sites for hydroxylation is 3. The topological polar surface area (TPSA) is 22.1 Å². The maximum absolute atomic E-state index is 5.91. The first-order chi connectivity index (χ1) is 16.3. The van der Waals surface area contributed by atoms with E-state index in [1.54, 1.807) is 0 Å². The second-order valence-corrected chi connectivity index (χ2v) is 9.11. The molecular formula is C31H41NO. The van der Waals surface area contributed by atoms with E-state index in [0.29, 0.717) is 0 Å². The maximum atomic E-state index is 5.91. The number of rotatable bonds is 15. The van der Waals surface area contributed by atoms with Gasteiger partial charge in [0, 0.05) is 11.8 Å². The van der Waals surface area contributed by atoms with E-state index in [1.165, 1.54) is 67.2 Å². The van der Waals surface area contributed by atoms with Crippen molar-refractivity contribution in [3.8, 4) is 17.0 Å². The fourth-order valence-corrected chi connectivity index (χ4v) is 4.08. The van der Waals surface area contributed by atoms with Gasteiger partial charge in [-0.1, -0.05) is 94.8 Å². The molecule has 2 nitrogen and oxygen atoms in total. The van der Waals surface area contributed by atoms with Crippen molar-refractivity contribution >= 4 is 0 Å². The zero-order valence-corrected chi connectivity index (χ0v) is 20.7. The normalized spacial score (nSPS) is 11.0. The molecule has 0 saturated heterocycles. The first-order valence-electron chi connectivity index (χ1n) is 13.0. The van der Waals surface area contributed by atoms with Gasteiger partial charge in [0.15, 0.2) is 0 Å². The summed E-state index contributed by atoms with van der Waals surface area (Å²) in [6.45, 7) is 5.31. The molecule has 0 unspecified atom stereocenters. The van der Waals surface area contributed by atoms with Crippen molar-refractivity contribution in [1.82, 2.24) is 4.98 Å². The molecule has 33 heavy (non-hydrogen) atoms. The molecular weight excluding hydrogens is 402 g/mol. The van der Waals surface area contributed by atoms with Crippen LogP contribution >= 0.6 is 0 Å². The Morgan fingerprint density at radius 2 is 1.18 bits per heavy atom. The van der Waals surface area contributed by atoms with Gasteiger partial charge in [0.25, 0.3) is 0 Å². The number of hydrogen-bond acceptors (Lipinski definition) is 2. The van der Waals surface area contributed by atoms with E-state index in [-0.39, 0.29) is 0 Å². The van der Waals surface area contributed by atoms with Crippen LogP contribution in [0, 0.1) is 0 Å². The second kappa shape index (κ2) is 14.5. The Kier molecular flexibility index (Phi) is 11.0. The highest BCUT2D eigenvalue weighted by Crippen LogP contribution is 2.20. The summed E-state index contributed by atoms with van der Waals surface area (Å²) in [5.74, 6) is 0.991. The SMILES string of the molecule is CCCCCCCCOc1ccc(CCc2ccc(-c3ccc(CCCC)cn3)cc2)cc1. The third-order valence-electron chi connectivity index (χ3n) is 6.29. The van der Waals surface area contributed by atoms with Crippen LogP contribution in [0.3, 0.4) is 0 Å². The molecule has 3 aromatic rings. The van der Waals surface area contributed by atoms with E-state index >= 15 is 0 Å². The van der Waals surface area contributed by atoms with Crippen LogP contribution in [0.25, 0.3) is 11.3 Å². The van der Waals surface area contributed by atoms with Gasteiger partial charge in [-0.3, -0.25) is 4.98 Å². The van der Waals surface area contributed by atoms with Crippen LogP contribution in [0.1, 0.15) is 81.9 Å². The third-order valence-corrected chi connectivity index (χ3v) is 6.29. The zero-order valence-electron chi connectivity index (χ0n) is 20.7. The van der Waals surface area contributed by atoms with Crippen LogP contribution in [0.15, 0.2) is 66.9 Å². The lowest BCUT2D eigenvalue weighted by atomic mass is 10.0. The average Bonchev–Trinajstić information content (AvgIpc) is 2.87. The number of nitrogens with zero attached hydrogens (tertiary/aromatic N) is 1. The number of unbranched alkanes of at least 4 members (excludes halogenated alkanes) is 6.